The summed E-state index contributed by atoms with van der Waals surface area (Å²) in [5, 5.41) is 8.66. The molecule has 1 N–H and O–H groups in total. The lowest BCUT2D eigenvalue weighted by Gasteiger charge is -2.25. The van der Waals surface area contributed by atoms with Gasteiger partial charge in [0, 0.05) is 13.1 Å². The summed E-state index contributed by atoms with van der Waals surface area (Å²) in [4.78, 5) is 23.8. The van der Waals surface area contributed by atoms with Crippen LogP contribution in [0.15, 0.2) is 16.5 Å². The third-order valence-electron chi connectivity index (χ3n) is 2.66. The van der Waals surface area contributed by atoms with E-state index < -0.39 is 21.7 Å². The van der Waals surface area contributed by atoms with Crippen LogP contribution >= 0.6 is 0 Å². The first kappa shape index (κ1) is 12.6. The van der Waals surface area contributed by atoms with Crippen molar-refractivity contribution in [3.63, 3.8) is 0 Å². The van der Waals surface area contributed by atoms with Gasteiger partial charge in [0.25, 0.3) is 5.91 Å². The highest BCUT2D eigenvalue weighted by atomic mass is 32.2. The van der Waals surface area contributed by atoms with Crippen LogP contribution in [0.2, 0.25) is 0 Å². The maximum absolute atomic E-state index is 11.9. The van der Waals surface area contributed by atoms with Crippen LogP contribution < -0.4 is 0 Å². The minimum absolute atomic E-state index is 0.0781. The minimum Gasteiger partial charge on any atom is -0.475 e. The largest absolute Gasteiger partial charge is 0.475 e. The molecule has 0 aromatic carbocycles. The standard InChI is InChI=1S/C10H11NO6S/c12-9(7-1-2-8(17-7)10(13)14)11-3-5-18(15,16)6-4-11/h1-2H,3-6H2,(H,13,14). The van der Waals surface area contributed by atoms with Crippen LogP contribution in [0.4, 0.5) is 0 Å². The van der Waals surface area contributed by atoms with Crippen LogP contribution in [-0.2, 0) is 9.84 Å². The van der Waals surface area contributed by atoms with E-state index in [0.717, 1.165) is 0 Å². The molecule has 0 bridgehead atoms. The fourth-order valence-electron chi connectivity index (χ4n) is 1.64. The van der Waals surface area contributed by atoms with Gasteiger partial charge in [-0.05, 0) is 12.1 Å². The van der Waals surface area contributed by atoms with E-state index in [1.807, 2.05) is 0 Å². The molecule has 2 heterocycles. The Labute approximate surface area is 103 Å². The van der Waals surface area contributed by atoms with Crippen molar-refractivity contribution in [1.82, 2.24) is 4.90 Å². The van der Waals surface area contributed by atoms with Gasteiger partial charge in [-0.25, -0.2) is 13.2 Å². The smallest absolute Gasteiger partial charge is 0.371 e. The molecule has 0 atom stereocenters. The lowest BCUT2D eigenvalue weighted by atomic mass is 10.3. The van der Waals surface area contributed by atoms with Crippen molar-refractivity contribution in [2.45, 2.75) is 0 Å². The predicted molar refractivity (Wildman–Crippen MR) is 60.2 cm³/mol. The van der Waals surface area contributed by atoms with Gasteiger partial charge in [-0.3, -0.25) is 4.79 Å². The zero-order chi connectivity index (χ0) is 13.3. The molecule has 1 fully saturated rings. The Hall–Kier alpha value is -1.83. The molecule has 1 aliphatic rings. The van der Waals surface area contributed by atoms with E-state index in [0.29, 0.717) is 0 Å². The fraction of sp³-hybridized carbons (Fsp3) is 0.400. The van der Waals surface area contributed by atoms with Crippen molar-refractivity contribution in [3.05, 3.63) is 23.7 Å². The first-order valence-corrected chi connectivity index (χ1v) is 7.04. The normalized spacial score (nSPS) is 18.6. The topological polar surface area (TPSA) is 105 Å². The molecule has 8 heteroatoms. The first-order valence-electron chi connectivity index (χ1n) is 5.22. The van der Waals surface area contributed by atoms with Gasteiger partial charge in [0.2, 0.25) is 5.76 Å². The summed E-state index contributed by atoms with van der Waals surface area (Å²) < 4.78 is 27.3. The third-order valence-corrected chi connectivity index (χ3v) is 4.27. The van der Waals surface area contributed by atoms with Crippen LogP contribution in [0.3, 0.4) is 0 Å². The van der Waals surface area contributed by atoms with Crippen LogP contribution in [0.1, 0.15) is 21.1 Å². The zero-order valence-corrected chi connectivity index (χ0v) is 10.1. The van der Waals surface area contributed by atoms with Gasteiger partial charge in [-0.1, -0.05) is 0 Å². The van der Waals surface area contributed by atoms with Crippen LogP contribution in [0, 0.1) is 0 Å². The summed E-state index contributed by atoms with van der Waals surface area (Å²) in [6.45, 7) is 0.203. The van der Waals surface area contributed by atoms with Gasteiger partial charge in [-0.2, -0.15) is 0 Å². The number of amides is 1. The Bertz CT molecular complexity index is 573. The molecule has 1 amide bonds. The number of carbonyl (C=O) groups is 2. The summed E-state index contributed by atoms with van der Waals surface area (Å²) in [6.07, 6.45) is 0. The molecule has 0 radical (unpaired) electrons. The molecule has 0 saturated carbocycles. The number of furan rings is 1. The Balaban J connectivity index is 2.10. The number of aromatic carboxylic acids is 1. The van der Waals surface area contributed by atoms with Gasteiger partial charge in [0.05, 0.1) is 11.5 Å². The van der Waals surface area contributed by atoms with Gasteiger partial charge in [0.1, 0.15) is 0 Å². The van der Waals surface area contributed by atoms with Crippen LogP contribution in [0.25, 0.3) is 0 Å². The highest BCUT2D eigenvalue weighted by Gasteiger charge is 2.27. The van der Waals surface area contributed by atoms with E-state index in [-0.39, 0.29) is 36.1 Å². The molecule has 0 spiro atoms. The predicted octanol–water partition coefficient (Wildman–Crippen LogP) is -0.152. The van der Waals surface area contributed by atoms with E-state index in [1.165, 1.54) is 17.0 Å². The molecule has 0 aliphatic carbocycles. The Morgan fingerprint density at radius 3 is 2.22 bits per heavy atom. The number of rotatable bonds is 2. The fourth-order valence-corrected chi connectivity index (χ4v) is 2.84. The maximum Gasteiger partial charge on any atom is 0.371 e. The highest BCUT2D eigenvalue weighted by Crippen LogP contribution is 2.13. The van der Waals surface area contributed by atoms with Crippen molar-refractivity contribution >= 4 is 21.7 Å². The molecule has 0 unspecified atom stereocenters. The quantitative estimate of drug-likeness (QED) is 0.803. The molecule has 1 saturated heterocycles. The Morgan fingerprint density at radius 2 is 1.72 bits per heavy atom. The molecule has 1 aromatic rings. The second-order valence-electron chi connectivity index (χ2n) is 3.91. The summed E-state index contributed by atoms with van der Waals surface area (Å²) in [6, 6.07) is 2.46. The number of nitrogens with zero attached hydrogens (tertiary/aromatic N) is 1. The molecule has 98 valence electrons. The summed E-state index contributed by atoms with van der Waals surface area (Å²) in [5.41, 5.74) is 0. The number of hydrogen-bond donors (Lipinski definition) is 1. The van der Waals surface area contributed by atoms with E-state index in [9.17, 15) is 18.0 Å². The number of carbonyl (C=O) groups excluding carboxylic acids is 1. The van der Waals surface area contributed by atoms with Crippen LogP contribution in [-0.4, -0.2) is 54.9 Å². The van der Waals surface area contributed by atoms with E-state index in [4.69, 9.17) is 9.52 Å². The number of carboxylic acid groups (broad SMARTS) is 1. The van der Waals surface area contributed by atoms with Gasteiger partial charge >= 0.3 is 5.97 Å². The first-order chi connectivity index (χ1) is 8.39. The lowest BCUT2D eigenvalue weighted by molar-refractivity contribution is 0.0651. The van der Waals surface area contributed by atoms with E-state index in [1.54, 1.807) is 0 Å². The molecule has 18 heavy (non-hydrogen) atoms. The average molecular weight is 273 g/mol. The molecule has 2 rings (SSSR count). The Kier molecular flexibility index (Phi) is 3.12. The SMILES string of the molecule is O=C(O)c1ccc(C(=O)N2CCS(=O)(=O)CC2)o1. The maximum atomic E-state index is 11.9. The van der Waals surface area contributed by atoms with Crippen molar-refractivity contribution in [3.8, 4) is 0 Å². The number of carboxylic acids is 1. The summed E-state index contributed by atoms with van der Waals surface area (Å²) in [7, 11) is -3.06. The van der Waals surface area contributed by atoms with Crippen molar-refractivity contribution in [1.29, 1.82) is 0 Å². The van der Waals surface area contributed by atoms with Gasteiger partial charge < -0.3 is 14.4 Å². The lowest BCUT2D eigenvalue weighted by Crippen LogP contribution is -2.43. The number of hydrogen-bond acceptors (Lipinski definition) is 5. The summed E-state index contributed by atoms with van der Waals surface area (Å²) >= 11 is 0. The zero-order valence-electron chi connectivity index (χ0n) is 9.33. The second kappa shape index (κ2) is 4.45. The molecule has 1 aromatic heterocycles. The average Bonchev–Trinajstić information content (AvgIpc) is 2.77. The highest BCUT2D eigenvalue weighted by molar-refractivity contribution is 7.91. The van der Waals surface area contributed by atoms with E-state index in [2.05, 4.69) is 0 Å². The summed E-state index contributed by atoms with van der Waals surface area (Å²) in [5.74, 6) is -2.31. The molecular weight excluding hydrogens is 262 g/mol. The monoisotopic (exact) mass is 273 g/mol. The van der Waals surface area contributed by atoms with E-state index >= 15 is 0 Å². The van der Waals surface area contributed by atoms with Crippen LogP contribution in [0.5, 0.6) is 0 Å². The second-order valence-corrected chi connectivity index (χ2v) is 6.22. The van der Waals surface area contributed by atoms with Crippen molar-refractivity contribution in [2.75, 3.05) is 24.6 Å². The number of sulfone groups is 1. The molecular formula is C10H11NO6S. The van der Waals surface area contributed by atoms with Crippen molar-refractivity contribution in [2.24, 2.45) is 0 Å². The van der Waals surface area contributed by atoms with Gasteiger partial charge in [0.15, 0.2) is 15.6 Å². The van der Waals surface area contributed by atoms with Crippen molar-refractivity contribution < 1.29 is 27.5 Å². The molecule has 7 nitrogen and oxygen atoms in total. The van der Waals surface area contributed by atoms with Gasteiger partial charge in [-0.15, -0.1) is 0 Å². The minimum atomic E-state index is -3.06. The molecule has 1 aliphatic heterocycles. The Morgan fingerprint density at radius 1 is 1.17 bits per heavy atom. The third kappa shape index (κ3) is 2.53.